The van der Waals surface area contributed by atoms with Gasteiger partial charge in [0.1, 0.15) is 25.3 Å². The van der Waals surface area contributed by atoms with Crippen LogP contribution in [0.2, 0.25) is 0 Å². The smallest absolute Gasteiger partial charge is 0.408 e. The van der Waals surface area contributed by atoms with E-state index in [4.69, 9.17) is 19.4 Å². The van der Waals surface area contributed by atoms with Gasteiger partial charge in [0.05, 0.1) is 18.2 Å². The summed E-state index contributed by atoms with van der Waals surface area (Å²) in [6.45, 7) is 8.34. The van der Waals surface area contributed by atoms with Gasteiger partial charge in [-0.05, 0) is 46.9 Å². The predicted octanol–water partition coefficient (Wildman–Crippen LogP) is 5.80. The molecule has 4 amide bonds. The van der Waals surface area contributed by atoms with Crippen molar-refractivity contribution in [2.24, 2.45) is 11.8 Å². The Kier molecular flexibility index (Phi) is 19.4. The van der Waals surface area contributed by atoms with Crippen LogP contribution in [-0.4, -0.2) is 70.5 Å². The quantitative estimate of drug-likeness (QED) is 0.0723. The van der Waals surface area contributed by atoms with E-state index < -0.39 is 60.2 Å². The number of aliphatic hydroxyl groups excluding tert-OH is 1. The number of alkyl carbamates (subject to hydrolysis) is 2. The van der Waals surface area contributed by atoms with Crippen LogP contribution >= 0.6 is 0 Å². The number of benzene rings is 4. The third-order valence-electron chi connectivity index (χ3n) is 8.95. The Labute approximate surface area is 340 Å². The Morgan fingerprint density at radius 3 is 1.05 bits per heavy atom. The summed E-state index contributed by atoms with van der Waals surface area (Å²) in [5.74, 6) is -2.53. The van der Waals surface area contributed by atoms with E-state index in [0.717, 1.165) is 29.2 Å². The van der Waals surface area contributed by atoms with Crippen LogP contribution in [0.1, 0.15) is 56.9 Å². The molecule has 0 radical (unpaired) electrons. The first-order valence-corrected chi connectivity index (χ1v) is 19.2. The van der Waals surface area contributed by atoms with E-state index in [9.17, 15) is 24.3 Å². The molecular weight excluding hydrogens is 741 g/mol. The first-order chi connectivity index (χ1) is 27.7. The number of nitrogens with one attached hydrogen (secondary N) is 4. The molecule has 58 heavy (non-hydrogen) atoms. The van der Waals surface area contributed by atoms with Crippen molar-refractivity contribution in [3.63, 3.8) is 0 Å². The van der Waals surface area contributed by atoms with E-state index >= 15 is 0 Å². The highest BCUT2D eigenvalue weighted by Gasteiger charge is 2.35. The van der Waals surface area contributed by atoms with Crippen LogP contribution in [0.25, 0.3) is 0 Å². The van der Waals surface area contributed by atoms with Crippen molar-refractivity contribution < 1.29 is 43.7 Å². The highest BCUT2D eigenvalue weighted by molar-refractivity contribution is 5.87. The second-order valence-corrected chi connectivity index (χ2v) is 14.5. The Balaban J connectivity index is 0.00000215. The van der Waals surface area contributed by atoms with E-state index in [-0.39, 0.29) is 37.9 Å². The fourth-order valence-electron chi connectivity index (χ4n) is 5.93. The van der Waals surface area contributed by atoms with Gasteiger partial charge < -0.3 is 41.0 Å². The van der Waals surface area contributed by atoms with Crippen molar-refractivity contribution >= 4 is 30.0 Å². The maximum Gasteiger partial charge on any atom is 0.408 e. The molecule has 4 rings (SSSR count). The molecule has 0 saturated carbocycles. The minimum Gasteiger partial charge on any atom is -0.481 e. The molecule has 0 aromatic heterocycles. The predicted molar refractivity (Wildman–Crippen MR) is 220 cm³/mol. The summed E-state index contributed by atoms with van der Waals surface area (Å²) in [6, 6.07) is 33.4. The number of carboxylic acids is 1. The summed E-state index contributed by atoms with van der Waals surface area (Å²) in [4.78, 5) is 62.6. The molecule has 4 atom stereocenters. The van der Waals surface area contributed by atoms with Gasteiger partial charge in [-0.2, -0.15) is 0 Å². The standard InChI is InChI=1S/C43H52N4O7.C2H4O2/c1-29(2)37(46-42(51)53-27-33-21-13-7-14-22-33)40(49)44-35(25-31-17-9-5-10-18-31)39(48)36(26-32-19-11-6-12-20-32)45-41(50)38(30(3)4)47-43(52)54-28-34-23-15-8-16-24-34;1-2(3)4/h5-24,29-30,35-39,48H,25-28H2,1-4H3,(H,44,49)(H,45,50)(H,46,51)(H,47,52);1H3,(H,3,4)/t35?,36?,37-,38-,39?;/m0./s1. The number of aliphatic carboxylic acids is 1. The van der Waals surface area contributed by atoms with Crippen molar-refractivity contribution in [1.29, 1.82) is 0 Å². The topological polar surface area (TPSA) is 192 Å². The number of amides is 4. The van der Waals surface area contributed by atoms with Crippen molar-refractivity contribution in [3.05, 3.63) is 144 Å². The normalized spacial score (nSPS) is 13.3. The summed E-state index contributed by atoms with van der Waals surface area (Å²) in [7, 11) is 0. The van der Waals surface area contributed by atoms with Gasteiger partial charge in [0.15, 0.2) is 0 Å². The molecule has 0 saturated heterocycles. The Morgan fingerprint density at radius 2 is 0.776 bits per heavy atom. The number of hydrogen-bond donors (Lipinski definition) is 6. The number of carboxylic acid groups (broad SMARTS) is 1. The molecule has 0 aliphatic rings. The van der Waals surface area contributed by atoms with Gasteiger partial charge in [-0.15, -0.1) is 0 Å². The zero-order valence-corrected chi connectivity index (χ0v) is 33.7. The Bertz CT molecular complexity index is 1710. The minimum absolute atomic E-state index is 0.0340. The van der Waals surface area contributed by atoms with Crippen molar-refractivity contribution in [2.45, 2.75) is 90.9 Å². The monoisotopic (exact) mass is 796 g/mol. The van der Waals surface area contributed by atoms with Gasteiger partial charge in [-0.1, -0.05) is 149 Å². The second kappa shape index (κ2) is 24.4. The minimum atomic E-state index is -1.31. The maximum atomic E-state index is 13.9. The van der Waals surface area contributed by atoms with E-state index in [1.54, 1.807) is 27.7 Å². The van der Waals surface area contributed by atoms with E-state index in [1.807, 2.05) is 121 Å². The molecule has 0 bridgehead atoms. The van der Waals surface area contributed by atoms with Gasteiger partial charge >= 0.3 is 12.2 Å². The lowest BCUT2D eigenvalue weighted by atomic mass is 9.91. The number of rotatable bonds is 18. The summed E-state index contributed by atoms with van der Waals surface area (Å²) < 4.78 is 10.8. The number of carbonyl (C=O) groups is 5. The highest BCUT2D eigenvalue weighted by Crippen LogP contribution is 2.16. The zero-order valence-electron chi connectivity index (χ0n) is 33.7. The molecule has 13 nitrogen and oxygen atoms in total. The molecule has 0 spiro atoms. The number of aliphatic hydroxyl groups is 1. The zero-order chi connectivity index (χ0) is 42.5. The molecule has 0 fully saturated rings. The van der Waals surface area contributed by atoms with Gasteiger partial charge in [0.25, 0.3) is 5.97 Å². The Morgan fingerprint density at radius 1 is 0.500 bits per heavy atom. The molecule has 4 aromatic rings. The highest BCUT2D eigenvalue weighted by atomic mass is 16.6. The molecular formula is C45H56N4O9. The third kappa shape index (κ3) is 16.9. The van der Waals surface area contributed by atoms with Crippen LogP contribution in [0.15, 0.2) is 121 Å². The molecule has 2 unspecified atom stereocenters. The number of carbonyl (C=O) groups excluding carboxylic acids is 4. The first-order valence-electron chi connectivity index (χ1n) is 19.2. The molecule has 310 valence electrons. The van der Waals surface area contributed by atoms with E-state index in [1.165, 1.54) is 0 Å². The van der Waals surface area contributed by atoms with Crippen molar-refractivity contribution in [1.82, 2.24) is 21.3 Å². The van der Waals surface area contributed by atoms with E-state index in [2.05, 4.69) is 21.3 Å². The van der Waals surface area contributed by atoms with Gasteiger partial charge in [-0.25, -0.2) is 9.59 Å². The molecule has 0 aliphatic carbocycles. The first kappa shape index (κ1) is 46.2. The molecule has 4 aromatic carbocycles. The van der Waals surface area contributed by atoms with Gasteiger partial charge in [-0.3, -0.25) is 14.4 Å². The Hall–Kier alpha value is -6.21. The van der Waals surface area contributed by atoms with E-state index in [0.29, 0.717) is 0 Å². The van der Waals surface area contributed by atoms with Gasteiger partial charge in [0, 0.05) is 6.92 Å². The van der Waals surface area contributed by atoms with Gasteiger partial charge in [0.2, 0.25) is 11.8 Å². The van der Waals surface area contributed by atoms with Crippen LogP contribution in [0.5, 0.6) is 0 Å². The fourth-order valence-corrected chi connectivity index (χ4v) is 5.93. The second-order valence-electron chi connectivity index (χ2n) is 14.5. The largest absolute Gasteiger partial charge is 0.481 e. The number of hydrogen-bond acceptors (Lipinski definition) is 8. The van der Waals surface area contributed by atoms with Crippen LogP contribution in [0, 0.1) is 11.8 Å². The lowest BCUT2D eigenvalue weighted by Gasteiger charge is -2.34. The van der Waals surface area contributed by atoms with Crippen LogP contribution < -0.4 is 21.3 Å². The summed E-state index contributed by atoms with van der Waals surface area (Å²) in [5.41, 5.74) is 3.28. The average molecular weight is 797 g/mol. The van der Waals surface area contributed by atoms with Crippen LogP contribution in [0.4, 0.5) is 9.59 Å². The lowest BCUT2D eigenvalue weighted by Crippen LogP contribution is -2.61. The average Bonchev–Trinajstić information content (AvgIpc) is 3.20. The maximum absolute atomic E-state index is 13.9. The SMILES string of the molecule is CC(=O)O.CC(C)[C@H](NC(=O)OCc1ccccc1)C(=O)NC(Cc1ccccc1)C(O)C(Cc1ccccc1)NC(=O)[C@@H](NC(=O)OCc1ccccc1)C(C)C. The molecule has 0 heterocycles. The fraction of sp³-hybridized carbons (Fsp3) is 0.356. The number of ether oxygens (including phenoxy) is 2. The molecule has 13 heteroatoms. The lowest BCUT2D eigenvalue weighted by molar-refractivity contribution is -0.134. The summed E-state index contributed by atoms with van der Waals surface area (Å²) in [6.07, 6.45) is -2.38. The summed E-state index contributed by atoms with van der Waals surface area (Å²) >= 11 is 0. The third-order valence-corrected chi connectivity index (χ3v) is 8.95. The van der Waals surface area contributed by atoms with Crippen LogP contribution in [0.3, 0.4) is 0 Å². The summed E-state index contributed by atoms with van der Waals surface area (Å²) in [5, 5.41) is 30.9. The van der Waals surface area contributed by atoms with Crippen molar-refractivity contribution in [3.8, 4) is 0 Å². The molecule has 0 aliphatic heterocycles. The molecule has 6 N–H and O–H groups in total. The van der Waals surface area contributed by atoms with Crippen molar-refractivity contribution in [2.75, 3.05) is 0 Å². The van der Waals surface area contributed by atoms with Crippen LogP contribution in [-0.2, 0) is 49.9 Å².